The van der Waals surface area contributed by atoms with Crippen LogP contribution >= 0.6 is 11.8 Å². The van der Waals surface area contributed by atoms with Gasteiger partial charge in [0.15, 0.2) is 0 Å². The maximum absolute atomic E-state index is 13.3. The van der Waals surface area contributed by atoms with E-state index < -0.39 is 11.8 Å². The minimum Gasteiger partial charge on any atom is -0.494 e. The summed E-state index contributed by atoms with van der Waals surface area (Å²) >= 11 is 1.22. The average Bonchev–Trinajstić information content (AvgIpc) is 3.01. The Hall–Kier alpha value is -3.58. The fourth-order valence-electron chi connectivity index (χ4n) is 3.21. The zero-order chi connectivity index (χ0) is 22.7. The van der Waals surface area contributed by atoms with E-state index in [1.807, 2.05) is 38.1 Å². The predicted molar refractivity (Wildman–Crippen MR) is 124 cm³/mol. The molecule has 4 rings (SSSR count). The number of benzene rings is 3. The fraction of sp³-hybridized carbons (Fsp3) is 0.120. The molecule has 32 heavy (non-hydrogen) atoms. The highest BCUT2D eigenvalue weighted by Crippen LogP contribution is 2.38. The van der Waals surface area contributed by atoms with Crippen molar-refractivity contribution in [1.82, 2.24) is 0 Å². The van der Waals surface area contributed by atoms with Gasteiger partial charge in [0, 0.05) is 10.6 Å². The molecule has 0 aliphatic carbocycles. The lowest BCUT2D eigenvalue weighted by Crippen LogP contribution is -2.32. The van der Waals surface area contributed by atoms with Crippen molar-refractivity contribution in [3.63, 3.8) is 0 Å². The molecule has 5 nitrogen and oxygen atoms in total. The van der Waals surface area contributed by atoms with Gasteiger partial charge < -0.3 is 10.1 Å². The van der Waals surface area contributed by atoms with Gasteiger partial charge in [-0.1, -0.05) is 29.5 Å². The topological polar surface area (TPSA) is 58.6 Å². The molecule has 1 aliphatic heterocycles. The van der Waals surface area contributed by atoms with Crippen molar-refractivity contribution in [1.29, 1.82) is 0 Å². The maximum atomic E-state index is 13.3. The minimum absolute atomic E-state index is 0.154. The molecule has 162 valence electrons. The Kier molecular flexibility index (Phi) is 6.28. The zero-order valence-electron chi connectivity index (χ0n) is 17.6. The van der Waals surface area contributed by atoms with Crippen LogP contribution in [0.1, 0.15) is 12.5 Å². The normalized spacial score (nSPS) is 13.7. The molecule has 0 unspecified atom stereocenters. The summed E-state index contributed by atoms with van der Waals surface area (Å²) in [4.78, 5) is 28.9. The van der Waals surface area contributed by atoms with E-state index in [1.165, 1.54) is 36.0 Å². The summed E-state index contributed by atoms with van der Waals surface area (Å²) in [6, 6.07) is 20.1. The molecular formula is C25H21FN2O3S. The van der Waals surface area contributed by atoms with Crippen LogP contribution in [0, 0.1) is 12.7 Å². The summed E-state index contributed by atoms with van der Waals surface area (Å²) in [5, 5.41) is 3.02. The number of nitrogens with one attached hydrogen (secondary N) is 1. The van der Waals surface area contributed by atoms with Crippen LogP contribution in [-0.2, 0) is 9.59 Å². The van der Waals surface area contributed by atoms with Crippen LogP contribution in [0.2, 0.25) is 0 Å². The van der Waals surface area contributed by atoms with Gasteiger partial charge in [0.05, 0.1) is 12.3 Å². The summed E-state index contributed by atoms with van der Waals surface area (Å²) in [7, 11) is 0. The molecule has 0 aromatic heterocycles. The van der Waals surface area contributed by atoms with Crippen LogP contribution in [-0.4, -0.2) is 18.4 Å². The van der Waals surface area contributed by atoms with Gasteiger partial charge in [-0.3, -0.25) is 9.59 Å². The Morgan fingerprint density at radius 2 is 1.56 bits per heavy atom. The smallest absolute Gasteiger partial charge is 0.283 e. The van der Waals surface area contributed by atoms with E-state index in [2.05, 4.69) is 5.32 Å². The zero-order valence-corrected chi connectivity index (χ0v) is 18.4. The first-order valence-electron chi connectivity index (χ1n) is 10.1. The minimum atomic E-state index is -0.474. The molecule has 3 aromatic carbocycles. The lowest BCUT2D eigenvalue weighted by molar-refractivity contribution is -0.120. The van der Waals surface area contributed by atoms with Gasteiger partial charge in [0.1, 0.15) is 22.2 Å². The van der Waals surface area contributed by atoms with E-state index in [9.17, 15) is 14.0 Å². The number of aryl methyl sites for hydroxylation is 1. The number of carbonyl (C=O) groups excluding carboxylic acids is 2. The van der Waals surface area contributed by atoms with Crippen LogP contribution in [0.3, 0.4) is 0 Å². The Morgan fingerprint density at radius 3 is 2.19 bits per heavy atom. The molecule has 0 atom stereocenters. The van der Waals surface area contributed by atoms with Gasteiger partial charge in [-0.05, 0) is 74.5 Å². The molecule has 0 saturated carbocycles. The quantitative estimate of drug-likeness (QED) is 0.482. The number of imide groups is 1. The Bertz CT molecular complexity index is 1100. The number of thioether (sulfide) groups is 1. The second kappa shape index (κ2) is 9.28. The lowest BCUT2D eigenvalue weighted by atomic mass is 10.2. The summed E-state index contributed by atoms with van der Waals surface area (Å²) < 4.78 is 18.8. The molecule has 1 aliphatic rings. The number of amides is 2. The third-order valence-electron chi connectivity index (χ3n) is 4.80. The van der Waals surface area contributed by atoms with Gasteiger partial charge in [0.2, 0.25) is 0 Å². The number of hydrogen-bond acceptors (Lipinski definition) is 5. The number of rotatable bonds is 7. The van der Waals surface area contributed by atoms with E-state index in [0.717, 1.165) is 15.4 Å². The second-order valence-electron chi connectivity index (χ2n) is 7.12. The van der Waals surface area contributed by atoms with E-state index in [4.69, 9.17) is 4.74 Å². The molecule has 0 fully saturated rings. The molecule has 2 amide bonds. The number of anilines is 2. The van der Waals surface area contributed by atoms with Crippen molar-refractivity contribution in [3.8, 4) is 5.75 Å². The number of carbonyl (C=O) groups is 2. The van der Waals surface area contributed by atoms with Crippen molar-refractivity contribution in [2.24, 2.45) is 0 Å². The number of nitrogens with zero attached hydrogens (tertiary/aromatic N) is 1. The largest absolute Gasteiger partial charge is 0.494 e. The summed E-state index contributed by atoms with van der Waals surface area (Å²) in [5.41, 5.74) is 2.21. The van der Waals surface area contributed by atoms with Crippen LogP contribution in [0.25, 0.3) is 0 Å². The third-order valence-corrected chi connectivity index (χ3v) is 5.89. The van der Waals surface area contributed by atoms with Crippen LogP contribution in [0.15, 0.2) is 88.3 Å². The predicted octanol–water partition coefficient (Wildman–Crippen LogP) is 5.52. The van der Waals surface area contributed by atoms with Crippen molar-refractivity contribution < 1.29 is 18.7 Å². The van der Waals surface area contributed by atoms with Gasteiger partial charge in [-0.2, -0.15) is 0 Å². The second-order valence-corrected chi connectivity index (χ2v) is 8.21. The van der Waals surface area contributed by atoms with E-state index >= 15 is 0 Å². The Morgan fingerprint density at radius 1 is 0.906 bits per heavy atom. The summed E-state index contributed by atoms with van der Waals surface area (Å²) in [5.74, 6) is -0.627. The highest BCUT2D eigenvalue weighted by atomic mass is 32.2. The average molecular weight is 449 g/mol. The number of hydrogen-bond donors (Lipinski definition) is 1. The molecule has 1 heterocycles. The Balaban J connectivity index is 1.69. The highest BCUT2D eigenvalue weighted by Gasteiger charge is 2.40. The summed E-state index contributed by atoms with van der Waals surface area (Å²) in [6.45, 7) is 4.38. The highest BCUT2D eigenvalue weighted by molar-refractivity contribution is 8.04. The third kappa shape index (κ3) is 4.53. The molecule has 0 saturated heterocycles. The molecule has 0 radical (unpaired) electrons. The first-order chi connectivity index (χ1) is 15.5. The summed E-state index contributed by atoms with van der Waals surface area (Å²) in [6.07, 6.45) is 0. The standard InChI is InChI=1S/C25H21FN2O3S/c1-3-31-20-12-10-19(11-13-20)28-24(29)22(27-18-8-6-17(26)7-9-18)23(25(28)30)32-21-14-4-16(2)5-15-21/h4-15,27H,3H2,1-2H3. The van der Waals surface area contributed by atoms with Crippen LogP contribution in [0.5, 0.6) is 5.75 Å². The number of ether oxygens (including phenoxy) is 1. The van der Waals surface area contributed by atoms with Crippen LogP contribution in [0.4, 0.5) is 15.8 Å². The van der Waals surface area contributed by atoms with Crippen LogP contribution < -0.4 is 15.0 Å². The molecule has 7 heteroatoms. The molecule has 1 N–H and O–H groups in total. The van der Waals surface area contributed by atoms with Gasteiger partial charge >= 0.3 is 0 Å². The van der Waals surface area contributed by atoms with Crippen molar-refractivity contribution >= 4 is 35.0 Å². The molecule has 0 spiro atoms. The van der Waals surface area contributed by atoms with Crippen molar-refractivity contribution in [3.05, 3.63) is 94.8 Å². The Labute approximate surface area is 189 Å². The van der Waals surface area contributed by atoms with Gasteiger partial charge in [0.25, 0.3) is 11.8 Å². The van der Waals surface area contributed by atoms with E-state index in [1.54, 1.807) is 24.3 Å². The van der Waals surface area contributed by atoms with E-state index in [0.29, 0.717) is 23.7 Å². The van der Waals surface area contributed by atoms with Gasteiger partial charge in [-0.25, -0.2) is 9.29 Å². The lowest BCUT2D eigenvalue weighted by Gasteiger charge is -2.16. The molecule has 0 bridgehead atoms. The fourth-order valence-corrected chi connectivity index (χ4v) is 4.14. The number of halogens is 1. The van der Waals surface area contributed by atoms with E-state index in [-0.39, 0.29) is 16.4 Å². The van der Waals surface area contributed by atoms with Crippen molar-refractivity contribution in [2.75, 3.05) is 16.8 Å². The first kappa shape index (κ1) is 21.6. The SMILES string of the molecule is CCOc1ccc(N2C(=O)C(Nc3ccc(F)cc3)=C(Sc3ccc(C)cc3)C2=O)cc1. The monoisotopic (exact) mass is 448 g/mol. The maximum Gasteiger partial charge on any atom is 0.283 e. The molecular weight excluding hydrogens is 427 g/mol. The van der Waals surface area contributed by atoms with Crippen molar-refractivity contribution in [2.45, 2.75) is 18.7 Å². The van der Waals surface area contributed by atoms with Gasteiger partial charge in [-0.15, -0.1) is 0 Å². The first-order valence-corrected chi connectivity index (χ1v) is 10.9. The molecule has 3 aromatic rings.